The number of ether oxygens (including phenoxy) is 1. The Balaban J connectivity index is 1.37. The molecule has 0 radical (unpaired) electrons. The minimum absolute atomic E-state index is 0.0252. The van der Waals surface area contributed by atoms with E-state index in [2.05, 4.69) is 5.32 Å². The fourth-order valence-electron chi connectivity index (χ4n) is 4.74. The maximum atomic E-state index is 12.6. The molecule has 1 aromatic rings. The number of nitrogens with one attached hydrogen (secondary N) is 1. The normalized spacial score (nSPS) is 30.8. The van der Waals surface area contributed by atoms with Gasteiger partial charge in [-0.25, -0.2) is 0 Å². The van der Waals surface area contributed by atoms with Crippen LogP contribution in [0.25, 0.3) is 0 Å². The van der Waals surface area contributed by atoms with Crippen molar-refractivity contribution in [2.45, 2.75) is 45.1 Å². The molecule has 1 N–H and O–H groups in total. The van der Waals surface area contributed by atoms with Crippen LogP contribution in [0.3, 0.4) is 0 Å². The van der Waals surface area contributed by atoms with Crippen LogP contribution in [0.1, 0.15) is 39.0 Å². The average Bonchev–Trinajstić information content (AvgIpc) is 3.31. The van der Waals surface area contributed by atoms with E-state index in [-0.39, 0.29) is 17.7 Å². The molecule has 2 bridgehead atoms. The van der Waals surface area contributed by atoms with Gasteiger partial charge in [0.2, 0.25) is 11.8 Å². The van der Waals surface area contributed by atoms with Gasteiger partial charge in [0.05, 0.1) is 12.5 Å². The van der Waals surface area contributed by atoms with Crippen molar-refractivity contribution in [2.24, 2.45) is 17.8 Å². The van der Waals surface area contributed by atoms with E-state index < -0.39 is 0 Å². The molecule has 5 nitrogen and oxygen atoms in total. The Morgan fingerprint density at radius 2 is 2.04 bits per heavy atom. The Kier molecular flexibility index (Phi) is 4.40. The van der Waals surface area contributed by atoms with Crippen molar-refractivity contribution in [3.05, 3.63) is 24.3 Å². The van der Waals surface area contributed by atoms with Crippen LogP contribution in [0, 0.1) is 17.8 Å². The largest absolute Gasteiger partial charge is 0.494 e. The van der Waals surface area contributed by atoms with Gasteiger partial charge in [-0.05, 0) is 62.3 Å². The maximum absolute atomic E-state index is 12.6. The van der Waals surface area contributed by atoms with Gasteiger partial charge in [0.15, 0.2) is 0 Å². The Morgan fingerprint density at radius 1 is 1.24 bits per heavy atom. The van der Waals surface area contributed by atoms with Crippen LogP contribution < -0.4 is 15.0 Å². The molecule has 4 atom stereocenters. The lowest BCUT2D eigenvalue weighted by Gasteiger charge is -2.24. The standard InChI is InChI=1S/C20H26N2O3/c1-2-25-17-7-5-16(6-8-17)22-12-15(11-19(22)23)20(24)21-18-10-13-3-4-14(18)9-13/h5-8,13-15,18H,2-4,9-12H2,1H3,(H,21,24)/t13-,14-,15+,18+/m0/s1. The minimum Gasteiger partial charge on any atom is -0.494 e. The second kappa shape index (κ2) is 6.70. The highest BCUT2D eigenvalue weighted by atomic mass is 16.5. The summed E-state index contributed by atoms with van der Waals surface area (Å²) in [6.07, 6.45) is 5.27. The number of nitrogens with zero attached hydrogens (tertiary/aromatic N) is 1. The SMILES string of the molecule is CCOc1ccc(N2C[C@H](C(=O)N[C@@H]3C[C@H]4CC[C@H]3C4)CC2=O)cc1. The molecule has 1 saturated heterocycles. The van der Waals surface area contributed by atoms with Crippen LogP contribution >= 0.6 is 0 Å². The Bertz CT molecular complexity index is 657. The Labute approximate surface area is 148 Å². The second-order valence-electron chi connectivity index (χ2n) is 7.62. The van der Waals surface area contributed by atoms with E-state index in [0.29, 0.717) is 31.5 Å². The van der Waals surface area contributed by atoms with Crippen molar-refractivity contribution in [1.82, 2.24) is 5.32 Å². The smallest absolute Gasteiger partial charge is 0.227 e. The molecule has 2 saturated carbocycles. The van der Waals surface area contributed by atoms with E-state index in [1.165, 1.54) is 19.3 Å². The predicted molar refractivity (Wildman–Crippen MR) is 95.4 cm³/mol. The van der Waals surface area contributed by atoms with Gasteiger partial charge in [0, 0.05) is 24.7 Å². The summed E-state index contributed by atoms with van der Waals surface area (Å²) < 4.78 is 5.44. The Morgan fingerprint density at radius 3 is 2.68 bits per heavy atom. The fraction of sp³-hybridized carbons (Fsp3) is 0.600. The first-order chi connectivity index (χ1) is 12.1. The first-order valence-corrected chi connectivity index (χ1v) is 9.47. The quantitative estimate of drug-likeness (QED) is 0.895. The molecule has 0 unspecified atom stereocenters. The lowest BCUT2D eigenvalue weighted by Crippen LogP contribution is -2.42. The molecule has 1 aromatic carbocycles. The molecule has 0 aromatic heterocycles. The van der Waals surface area contributed by atoms with Gasteiger partial charge in [-0.15, -0.1) is 0 Å². The van der Waals surface area contributed by atoms with E-state index in [1.807, 2.05) is 31.2 Å². The first-order valence-electron chi connectivity index (χ1n) is 9.47. The molecule has 3 fully saturated rings. The summed E-state index contributed by atoms with van der Waals surface area (Å²) in [6, 6.07) is 7.85. The molecule has 4 rings (SSSR count). The fourth-order valence-corrected chi connectivity index (χ4v) is 4.74. The lowest BCUT2D eigenvalue weighted by molar-refractivity contribution is -0.127. The third-order valence-corrected chi connectivity index (χ3v) is 6.02. The minimum atomic E-state index is -0.238. The van der Waals surface area contributed by atoms with Crippen molar-refractivity contribution in [3.63, 3.8) is 0 Å². The molecule has 3 aliphatic rings. The van der Waals surface area contributed by atoms with E-state index in [4.69, 9.17) is 4.74 Å². The van der Waals surface area contributed by atoms with Crippen molar-refractivity contribution in [3.8, 4) is 5.75 Å². The van der Waals surface area contributed by atoms with E-state index in [0.717, 1.165) is 23.8 Å². The van der Waals surface area contributed by atoms with Gasteiger partial charge in [0.1, 0.15) is 5.75 Å². The Hall–Kier alpha value is -2.04. The number of hydrogen-bond donors (Lipinski definition) is 1. The number of anilines is 1. The second-order valence-corrected chi connectivity index (χ2v) is 7.62. The van der Waals surface area contributed by atoms with Gasteiger partial charge in [0.25, 0.3) is 0 Å². The predicted octanol–water partition coefficient (Wildman–Crippen LogP) is 2.74. The first kappa shape index (κ1) is 16.4. The molecular formula is C20H26N2O3. The van der Waals surface area contributed by atoms with Crippen molar-refractivity contribution in [2.75, 3.05) is 18.1 Å². The number of benzene rings is 1. The van der Waals surface area contributed by atoms with Crippen molar-refractivity contribution < 1.29 is 14.3 Å². The van der Waals surface area contributed by atoms with Crippen LogP contribution in [0.2, 0.25) is 0 Å². The van der Waals surface area contributed by atoms with E-state index >= 15 is 0 Å². The summed E-state index contributed by atoms with van der Waals surface area (Å²) >= 11 is 0. The summed E-state index contributed by atoms with van der Waals surface area (Å²) in [7, 11) is 0. The topological polar surface area (TPSA) is 58.6 Å². The lowest BCUT2D eigenvalue weighted by atomic mass is 9.94. The number of amides is 2. The summed E-state index contributed by atoms with van der Waals surface area (Å²) in [6.45, 7) is 3.03. The third kappa shape index (κ3) is 3.24. The van der Waals surface area contributed by atoms with Crippen molar-refractivity contribution >= 4 is 17.5 Å². The van der Waals surface area contributed by atoms with E-state index in [1.54, 1.807) is 4.90 Å². The third-order valence-electron chi connectivity index (χ3n) is 6.02. The molecule has 2 amide bonds. The zero-order valence-electron chi connectivity index (χ0n) is 14.7. The molecular weight excluding hydrogens is 316 g/mol. The summed E-state index contributed by atoms with van der Waals surface area (Å²) in [5.41, 5.74) is 0.837. The molecule has 0 spiro atoms. The summed E-state index contributed by atoms with van der Waals surface area (Å²) in [5.74, 6) is 2.10. The van der Waals surface area contributed by atoms with Crippen LogP contribution in [0.4, 0.5) is 5.69 Å². The molecule has 1 heterocycles. The molecule has 1 aliphatic heterocycles. The zero-order chi connectivity index (χ0) is 17.4. The number of carbonyl (C=O) groups is 2. The number of carbonyl (C=O) groups excluding carboxylic acids is 2. The summed E-state index contributed by atoms with van der Waals surface area (Å²) in [5, 5.41) is 3.23. The zero-order valence-corrected chi connectivity index (χ0v) is 14.7. The van der Waals surface area contributed by atoms with E-state index in [9.17, 15) is 9.59 Å². The summed E-state index contributed by atoms with van der Waals surface area (Å²) in [4.78, 5) is 26.7. The highest BCUT2D eigenvalue weighted by molar-refractivity contribution is 6.00. The molecule has 134 valence electrons. The molecule has 5 heteroatoms. The van der Waals surface area contributed by atoms with Crippen LogP contribution in [-0.2, 0) is 9.59 Å². The van der Waals surface area contributed by atoms with Gasteiger partial charge in [-0.2, -0.15) is 0 Å². The number of rotatable bonds is 5. The van der Waals surface area contributed by atoms with Crippen molar-refractivity contribution in [1.29, 1.82) is 0 Å². The average molecular weight is 342 g/mol. The highest BCUT2D eigenvalue weighted by Crippen LogP contribution is 2.44. The maximum Gasteiger partial charge on any atom is 0.227 e. The number of fused-ring (bicyclic) bond motifs is 2. The molecule has 25 heavy (non-hydrogen) atoms. The van der Waals surface area contributed by atoms with Gasteiger partial charge in [-0.3, -0.25) is 9.59 Å². The van der Waals surface area contributed by atoms with Crippen LogP contribution in [-0.4, -0.2) is 31.0 Å². The van der Waals surface area contributed by atoms with Crippen LogP contribution in [0.5, 0.6) is 5.75 Å². The molecule has 2 aliphatic carbocycles. The number of hydrogen-bond acceptors (Lipinski definition) is 3. The van der Waals surface area contributed by atoms with Gasteiger partial charge < -0.3 is 15.0 Å². The van der Waals surface area contributed by atoms with Gasteiger partial charge >= 0.3 is 0 Å². The van der Waals surface area contributed by atoms with Gasteiger partial charge in [-0.1, -0.05) is 6.42 Å². The highest BCUT2D eigenvalue weighted by Gasteiger charge is 2.42. The van der Waals surface area contributed by atoms with Crippen LogP contribution in [0.15, 0.2) is 24.3 Å². The monoisotopic (exact) mass is 342 g/mol.